The first kappa shape index (κ1) is 11.6. The first-order valence-electron chi connectivity index (χ1n) is 7.00. The molecule has 0 aromatic heterocycles. The Labute approximate surface area is 117 Å². The van der Waals surface area contributed by atoms with Crippen molar-refractivity contribution in [2.45, 2.75) is 18.8 Å². The van der Waals surface area contributed by atoms with Gasteiger partial charge in [0, 0.05) is 23.5 Å². The molecule has 2 aliphatic carbocycles. The molecule has 2 nitrogen and oxygen atoms in total. The molecular weight excluding hydrogens is 248 g/mol. The van der Waals surface area contributed by atoms with Crippen LogP contribution < -0.4 is 0 Å². The number of ketones is 2. The van der Waals surface area contributed by atoms with Crippen LogP contribution in [0.1, 0.15) is 44.2 Å². The third-order valence-corrected chi connectivity index (χ3v) is 4.61. The van der Waals surface area contributed by atoms with Crippen LogP contribution in [0.5, 0.6) is 0 Å². The van der Waals surface area contributed by atoms with Crippen LogP contribution >= 0.6 is 0 Å². The van der Waals surface area contributed by atoms with E-state index in [9.17, 15) is 9.59 Å². The van der Waals surface area contributed by atoms with Gasteiger partial charge in [0.25, 0.3) is 0 Å². The zero-order valence-electron chi connectivity index (χ0n) is 11.0. The monoisotopic (exact) mass is 262 g/mol. The fourth-order valence-corrected chi connectivity index (χ4v) is 3.65. The number of rotatable bonds is 0. The molecule has 0 bridgehead atoms. The third-order valence-electron chi connectivity index (χ3n) is 4.61. The molecule has 0 fully saturated rings. The molecule has 2 aromatic rings. The minimum atomic E-state index is -0.174. The van der Waals surface area contributed by atoms with Gasteiger partial charge in [0.2, 0.25) is 0 Å². The van der Waals surface area contributed by atoms with E-state index in [2.05, 4.69) is 0 Å². The zero-order valence-corrected chi connectivity index (χ0v) is 11.0. The first-order chi connectivity index (χ1) is 9.75. The van der Waals surface area contributed by atoms with E-state index in [0.717, 1.165) is 28.7 Å². The summed E-state index contributed by atoms with van der Waals surface area (Å²) >= 11 is 0. The summed E-state index contributed by atoms with van der Waals surface area (Å²) in [5.41, 5.74) is 3.78. The molecule has 2 aromatic carbocycles. The van der Waals surface area contributed by atoms with Crippen LogP contribution in [0, 0.1) is 5.92 Å². The van der Waals surface area contributed by atoms with Gasteiger partial charge in [0.1, 0.15) is 0 Å². The van der Waals surface area contributed by atoms with Gasteiger partial charge in [-0.05, 0) is 23.5 Å². The molecule has 2 heteroatoms. The van der Waals surface area contributed by atoms with Crippen LogP contribution in [0.4, 0.5) is 0 Å². The molecule has 0 N–H and O–H groups in total. The second kappa shape index (κ2) is 4.14. The van der Waals surface area contributed by atoms with Crippen molar-refractivity contribution in [2.75, 3.05) is 0 Å². The zero-order chi connectivity index (χ0) is 13.7. The summed E-state index contributed by atoms with van der Waals surface area (Å²) in [7, 11) is 0. The van der Waals surface area contributed by atoms with Crippen LogP contribution in [0.15, 0.2) is 48.5 Å². The molecule has 20 heavy (non-hydrogen) atoms. The van der Waals surface area contributed by atoms with Gasteiger partial charge in [0.15, 0.2) is 11.6 Å². The number of fused-ring (bicyclic) bond motifs is 4. The largest absolute Gasteiger partial charge is 0.294 e. The predicted octanol–water partition coefficient (Wildman–Crippen LogP) is 3.41. The Morgan fingerprint density at radius 1 is 0.750 bits per heavy atom. The van der Waals surface area contributed by atoms with Crippen molar-refractivity contribution in [3.05, 3.63) is 70.8 Å². The number of hydrogen-bond donors (Lipinski definition) is 0. The van der Waals surface area contributed by atoms with Crippen molar-refractivity contribution >= 4 is 11.6 Å². The lowest BCUT2D eigenvalue weighted by molar-refractivity contribution is 0.0800. The topological polar surface area (TPSA) is 34.1 Å². The molecule has 2 atom stereocenters. The number of Topliss-reactive ketones (excluding diaryl/α,β-unsaturated/α-hetero) is 2. The highest BCUT2D eigenvalue weighted by atomic mass is 16.1. The second-order valence-electron chi connectivity index (χ2n) is 5.65. The third kappa shape index (κ3) is 1.51. The van der Waals surface area contributed by atoms with E-state index < -0.39 is 0 Å². The standard InChI is InChI=1S/C18H14O2/c19-17-10-16-15(13-7-3-4-8-14(13)17)9-11-5-1-2-6-12(11)18(16)20/h1-8,15-16H,9-10H2/t15-,16-/m1/s1. The number of benzene rings is 2. The Morgan fingerprint density at radius 2 is 1.45 bits per heavy atom. The van der Waals surface area contributed by atoms with Crippen LogP contribution in [-0.4, -0.2) is 11.6 Å². The number of hydrogen-bond acceptors (Lipinski definition) is 2. The minimum absolute atomic E-state index is 0.106. The molecule has 4 rings (SSSR count). The van der Waals surface area contributed by atoms with Crippen LogP contribution in [-0.2, 0) is 6.42 Å². The van der Waals surface area contributed by atoms with Gasteiger partial charge in [0.05, 0.1) is 0 Å². The van der Waals surface area contributed by atoms with E-state index in [-0.39, 0.29) is 23.4 Å². The molecular formula is C18H14O2. The maximum atomic E-state index is 12.7. The van der Waals surface area contributed by atoms with Gasteiger partial charge < -0.3 is 0 Å². The maximum absolute atomic E-state index is 12.7. The van der Waals surface area contributed by atoms with Crippen molar-refractivity contribution in [3.8, 4) is 0 Å². The fourth-order valence-electron chi connectivity index (χ4n) is 3.65. The van der Waals surface area contributed by atoms with E-state index in [1.165, 1.54) is 0 Å². The molecule has 0 radical (unpaired) electrons. The number of carbonyl (C=O) groups is 2. The first-order valence-corrected chi connectivity index (χ1v) is 7.00. The number of carbonyl (C=O) groups excluding carboxylic acids is 2. The van der Waals surface area contributed by atoms with Gasteiger partial charge >= 0.3 is 0 Å². The van der Waals surface area contributed by atoms with Crippen molar-refractivity contribution in [1.29, 1.82) is 0 Å². The quantitative estimate of drug-likeness (QED) is 0.729. The Kier molecular flexibility index (Phi) is 2.40. The van der Waals surface area contributed by atoms with Gasteiger partial charge in [-0.1, -0.05) is 48.5 Å². The lowest BCUT2D eigenvalue weighted by atomic mass is 9.65. The molecule has 0 saturated carbocycles. The van der Waals surface area contributed by atoms with Crippen LogP contribution in [0.25, 0.3) is 0 Å². The molecule has 0 heterocycles. The molecule has 0 aliphatic heterocycles. The van der Waals surface area contributed by atoms with E-state index >= 15 is 0 Å². The normalized spacial score (nSPS) is 23.8. The lowest BCUT2D eigenvalue weighted by Crippen LogP contribution is -2.36. The Morgan fingerprint density at radius 3 is 2.30 bits per heavy atom. The van der Waals surface area contributed by atoms with Gasteiger partial charge in [-0.2, -0.15) is 0 Å². The summed E-state index contributed by atoms with van der Waals surface area (Å²) in [6, 6.07) is 15.5. The highest BCUT2D eigenvalue weighted by molar-refractivity contribution is 6.08. The smallest absolute Gasteiger partial charge is 0.167 e. The SMILES string of the molecule is O=C1C[C@H]2C(=O)c3ccccc3C[C@@H]2c2ccccc21. The van der Waals surface area contributed by atoms with Gasteiger partial charge in [-0.15, -0.1) is 0 Å². The molecule has 0 saturated heterocycles. The summed E-state index contributed by atoms with van der Waals surface area (Å²) in [4.78, 5) is 24.9. The van der Waals surface area contributed by atoms with Gasteiger partial charge in [-0.3, -0.25) is 9.59 Å². The summed E-state index contributed by atoms with van der Waals surface area (Å²) in [5.74, 6) is 0.230. The van der Waals surface area contributed by atoms with E-state index in [1.807, 2.05) is 48.5 Å². The molecule has 98 valence electrons. The molecule has 2 aliphatic rings. The van der Waals surface area contributed by atoms with Crippen LogP contribution in [0.3, 0.4) is 0 Å². The van der Waals surface area contributed by atoms with Crippen LogP contribution in [0.2, 0.25) is 0 Å². The summed E-state index contributed by atoms with van der Waals surface area (Å²) in [6.07, 6.45) is 1.21. The Balaban J connectivity index is 1.89. The molecule has 0 amide bonds. The predicted molar refractivity (Wildman–Crippen MR) is 76.1 cm³/mol. The summed E-state index contributed by atoms with van der Waals surface area (Å²) < 4.78 is 0. The molecule has 0 unspecified atom stereocenters. The highest BCUT2D eigenvalue weighted by Gasteiger charge is 2.41. The van der Waals surface area contributed by atoms with Crippen molar-refractivity contribution in [1.82, 2.24) is 0 Å². The van der Waals surface area contributed by atoms with E-state index in [0.29, 0.717) is 6.42 Å². The van der Waals surface area contributed by atoms with Crippen molar-refractivity contribution in [3.63, 3.8) is 0 Å². The maximum Gasteiger partial charge on any atom is 0.167 e. The lowest BCUT2D eigenvalue weighted by Gasteiger charge is -2.36. The Bertz CT molecular complexity index is 730. The average Bonchev–Trinajstić information content (AvgIpc) is 2.49. The average molecular weight is 262 g/mol. The fraction of sp³-hybridized carbons (Fsp3) is 0.222. The summed E-state index contributed by atoms with van der Waals surface area (Å²) in [6.45, 7) is 0. The second-order valence-corrected chi connectivity index (χ2v) is 5.65. The highest BCUT2D eigenvalue weighted by Crippen LogP contribution is 2.43. The van der Waals surface area contributed by atoms with E-state index in [1.54, 1.807) is 0 Å². The van der Waals surface area contributed by atoms with Gasteiger partial charge in [-0.25, -0.2) is 0 Å². The minimum Gasteiger partial charge on any atom is -0.294 e. The Hall–Kier alpha value is -2.22. The van der Waals surface area contributed by atoms with Crippen molar-refractivity contribution in [2.24, 2.45) is 5.92 Å². The van der Waals surface area contributed by atoms with E-state index in [4.69, 9.17) is 0 Å². The van der Waals surface area contributed by atoms with Crippen molar-refractivity contribution < 1.29 is 9.59 Å². The molecule has 0 spiro atoms. The summed E-state index contributed by atoms with van der Waals surface area (Å²) in [5, 5.41) is 0.